The molecule has 0 bridgehead atoms. The van der Waals surface area contributed by atoms with Crippen LogP contribution in [0.2, 0.25) is 0 Å². The lowest BCUT2D eigenvalue weighted by atomic mass is 10.2. The second kappa shape index (κ2) is 8.13. The van der Waals surface area contributed by atoms with Gasteiger partial charge in [0.15, 0.2) is 0 Å². The van der Waals surface area contributed by atoms with Gasteiger partial charge in [-0.3, -0.25) is 0 Å². The average molecular weight is 223 g/mol. The van der Waals surface area contributed by atoms with Crippen molar-refractivity contribution >= 4 is 0 Å². The van der Waals surface area contributed by atoms with Crippen molar-refractivity contribution in [1.82, 2.24) is 5.32 Å². The number of rotatable bonds is 8. The Balaban J connectivity index is 2.27. The molecular formula is C13H21NO2. The summed E-state index contributed by atoms with van der Waals surface area (Å²) >= 11 is 0. The molecule has 0 fully saturated rings. The van der Waals surface area contributed by atoms with Crippen molar-refractivity contribution in [2.45, 2.75) is 19.9 Å². The quantitative estimate of drug-likeness (QED) is 0.685. The molecule has 0 heterocycles. The summed E-state index contributed by atoms with van der Waals surface area (Å²) in [6.45, 7) is 5.39. The van der Waals surface area contributed by atoms with E-state index < -0.39 is 0 Å². The van der Waals surface area contributed by atoms with Crippen LogP contribution in [0, 0.1) is 0 Å². The summed E-state index contributed by atoms with van der Waals surface area (Å²) in [5, 5.41) is 3.30. The van der Waals surface area contributed by atoms with Crippen molar-refractivity contribution in [3.63, 3.8) is 0 Å². The monoisotopic (exact) mass is 223 g/mol. The highest BCUT2D eigenvalue weighted by Gasteiger charge is 1.95. The second-order valence-corrected chi connectivity index (χ2v) is 3.66. The van der Waals surface area contributed by atoms with E-state index in [1.807, 2.05) is 12.1 Å². The summed E-state index contributed by atoms with van der Waals surface area (Å²) in [7, 11) is 1.71. The van der Waals surface area contributed by atoms with Crippen LogP contribution in [0.5, 0.6) is 5.75 Å². The molecule has 0 saturated heterocycles. The zero-order valence-electron chi connectivity index (χ0n) is 10.2. The topological polar surface area (TPSA) is 30.5 Å². The number of nitrogens with one attached hydrogen (secondary N) is 1. The molecular weight excluding hydrogens is 202 g/mol. The largest absolute Gasteiger partial charge is 0.494 e. The third-order valence-electron chi connectivity index (χ3n) is 2.21. The Bertz CT molecular complexity index is 272. The van der Waals surface area contributed by atoms with E-state index in [1.54, 1.807) is 7.11 Å². The third-order valence-corrected chi connectivity index (χ3v) is 2.21. The van der Waals surface area contributed by atoms with Crippen molar-refractivity contribution in [2.24, 2.45) is 0 Å². The number of ether oxygens (including phenoxy) is 2. The van der Waals surface area contributed by atoms with Crippen LogP contribution in [0.3, 0.4) is 0 Å². The van der Waals surface area contributed by atoms with E-state index in [-0.39, 0.29) is 0 Å². The number of hydrogen-bond acceptors (Lipinski definition) is 3. The number of benzene rings is 1. The first-order valence-electron chi connectivity index (χ1n) is 5.78. The van der Waals surface area contributed by atoms with E-state index in [0.29, 0.717) is 0 Å². The molecule has 3 nitrogen and oxygen atoms in total. The van der Waals surface area contributed by atoms with Crippen molar-refractivity contribution in [1.29, 1.82) is 0 Å². The van der Waals surface area contributed by atoms with Crippen molar-refractivity contribution in [3.8, 4) is 5.75 Å². The summed E-state index contributed by atoms with van der Waals surface area (Å²) in [5.41, 5.74) is 1.26. The molecule has 16 heavy (non-hydrogen) atoms. The zero-order valence-corrected chi connectivity index (χ0v) is 10.2. The summed E-state index contributed by atoms with van der Waals surface area (Å²) in [5.74, 6) is 0.947. The molecule has 0 radical (unpaired) electrons. The number of hydrogen-bond donors (Lipinski definition) is 1. The normalized spacial score (nSPS) is 10.4. The smallest absolute Gasteiger partial charge is 0.119 e. The molecule has 1 rings (SSSR count). The Morgan fingerprint density at radius 1 is 1.12 bits per heavy atom. The second-order valence-electron chi connectivity index (χ2n) is 3.66. The minimum atomic E-state index is 0.748. The van der Waals surface area contributed by atoms with Crippen molar-refractivity contribution in [3.05, 3.63) is 29.8 Å². The maximum absolute atomic E-state index is 5.51. The molecule has 1 aromatic carbocycles. The summed E-state index contributed by atoms with van der Waals surface area (Å²) < 4.78 is 10.5. The van der Waals surface area contributed by atoms with E-state index >= 15 is 0 Å². The predicted molar refractivity (Wildman–Crippen MR) is 65.8 cm³/mol. The van der Waals surface area contributed by atoms with Crippen LogP contribution >= 0.6 is 0 Å². The molecule has 3 heteroatoms. The Hall–Kier alpha value is -1.06. The fourth-order valence-corrected chi connectivity index (χ4v) is 1.33. The van der Waals surface area contributed by atoms with Crippen LogP contribution in [0.25, 0.3) is 0 Å². The molecule has 0 aliphatic rings. The predicted octanol–water partition coefficient (Wildman–Crippen LogP) is 2.21. The molecule has 1 N–H and O–H groups in total. The standard InChI is InChI=1S/C13H21NO2/c1-3-9-16-13-6-4-12(5-7-13)11-14-8-10-15-2/h4-7,14H,3,8-11H2,1-2H3. The van der Waals surface area contributed by atoms with Crippen LogP contribution in [-0.4, -0.2) is 26.9 Å². The average Bonchev–Trinajstić information content (AvgIpc) is 2.33. The lowest BCUT2D eigenvalue weighted by molar-refractivity contribution is 0.199. The number of methoxy groups -OCH3 is 1. The highest BCUT2D eigenvalue weighted by Crippen LogP contribution is 2.12. The zero-order chi connectivity index (χ0) is 11.6. The van der Waals surface area contributed by atoms with Crippen LogP contribution in [0.15, 0.2) is 24.3 Å². The molecule has 0 aliphatic carbocycles. The van der Waals surface area contributed by atoms with Gasteiger partial charge in [0, 0.05) is 20.2 Å². The molecule has 0 aromatic heterocycles. The van der Waals surface area contributed by atoms with Gasteiger partial charge in [-0.15, -0.1) is 0 Å². The third kappa shape index (κ3) is 5.14. The first-order valence-corrected chi connectivity index (χ1v) is 5.78. The molecule has 0 spiro atoms. The summed E-state index contributed by atoms with van der Waals surface area (Å²) in [4.78, 5) is 0. The van der Waals surface area contributed by atoms with E-state index in [2.05, 4.69) is 24.4 Å². The minimum absolute atomic E-state index is 0.748. The van der Waals surface area contributed by atoms with Gasteiger partial charge in [-0.1, -0.05) is 19.1 Å². The molecule has 1 aromatic rings. The molecule has 0 amide bonds. The van der Waals surface area contributed by atoms with Gasteiger partial charge in [-0.2, -0.15) is 0 Å². The Labute approximate surface area is 97.8 Å². The minimum Gasteiger partial charge on any atom is -0.494 e. The fraction of sp³-hybridized carbons (Fsp3) is 0.538. The van der Waals surface area contributed by atoms with Gasteiger partial charge in [0.2, 0.25) is 0 Å². The first kappa shape index (κ1) is 13.0. The van der Waals surface area contributed by atoms with E-state index in [9.17, 15) is 0 Å². The maximum atomic E-state index is 5.51. The summed E-state index contributed by atoms with van der Waals surface area (Å²) in [6.07, 6.45) is 1.04. The lowest BCUT2D eigenvalue weighted by Gasteiger charge is -2.07. The Morgan fingerprint density at radius 3 is 2.50 bits per heavy atom. The first-order chi connectivity index (χ1) is 7.86. The maximum Gasteiger partial charge on any atom is 0.119 e. The van der Waals surface area contributed by atoms with Crippen LogP contribution < -0.4 is 10.1 Å². The van der Waals surface area contributed by atoms with Gasteiger partial charge in [-0.25, -0.2) is 0 Å². The lowest BCUT2D eigenvalue weighted by Crippen LogP contribution is -2.18. The molecule has 0 saturated carbocycles. The van der Waals surface area contributed by atoms with Gasteiger partial charge in [0.05, 0.1) is 13.2 Å². The Kier molecular flexibility index (Phi) is 6.61. The molecule has 0 atom stereocenters. The fourth-order valence-electron chi connectivity index (χ4n) is 1.33. The van der Waals surface area contributed by atoms with E-state index in [1.165, 1.54) is 5.56 Å². The SMILES string of the molecule is CCCOc1ccc(CNCCOC)cc1. The molecule has 0 aliphatic heterocycles. The van der Waals surface area contributed by atoms with Gasteiger partial charge < -0.3 is 14.8 Å². The highest BCUT2D eigenvalue weighted by atomic mass is 16.5. The van der Waals surface area contributed by atoms with Gasteiger partial charge in [0.1, 0.15) is 5.75 Å². The molecule has 90 valence electrons. The van der Waals surface area contributed by atoms with E-state index in [4.69, 9.17) is 9.47 Å². The van der Waals surface area contributed by atoms with Gasteiger partial charge in [-0.05, 0) is 24.1 Å². The highest BCUT2D eigenvalue weighted by molar-refractivity contribution is 5.27. The van der Waals surface area contributed by atoms with Crippen molar-refractivity contribution in [2.75, 3.05) is 26.9 Å². The van der Waals surface area contributed by atoms with Crippen LogP contribution in [0.1, 0.15) is 18.9 Å². The van der Waals surface area contributed by atoms with E-state index in [0.717, 1.165) is 38.5 Å². The molecule has 0 unspecified atom stereocenters. The van der Waals surface area contributed by atoms with Crippen LogP contribution in [-0.2, 0) is 11.3 Å². The van der Waals surface area contributed by atoms with Crippen molar-refractivity contribution < 1.29 is 9.47 Å². The van der Waals surface area contributed by atoms with Gasteiger partial charge >= 0.3 is 0 Å². The Morgan fingerprint density at radius 2 is 1.88 bits per heavy atom. The van der Waals surface area contributed by atoms with Crippen LogP contribution in [0.4, 0.5) is 0 Å². The summed E-state index contributed by atoms with van der Waals surface area (Å²) in [6, 6.07) is 8.21. The van der Waals surface area contributed by atoms with Gasteiger partial charge in [0.25, 0.3) is 0 Å².